The fraction of sp³-hybridized carbons (Fsp3) is 0.333. The van der Waals surface area contributed by atoms with Gasteiger partial charge in [0.05, 0.1) is 5.69 Å². The predicted octanol–water partition coefficient (Wildman–Crippen LogP) is 3.51. The summed E-state index contributed by atoms with van der Waals surface area (Å²) in [4.78, 5) is 16.6. The Morgan fingerprint density at radius 1 is 1.48 bits per heavy atom. The second-order valence-corrected chi connectivity index (χ2v) is 5.63. The van der Waals surface area contributed by atoms with Crippen molar-refractivity contribution in [2.24, 2.45) is 0 Å². The van der Waals surface area contributed by atoms with Crippen LogP contribution in [-0.4, -0.2) is 17.4 Å². The molecular formula is C15H18FN3OS. The summed E-state index contributed by atoms with van der Waals surface area (Å²) in [6.07, 6.45) is 0. The van der Waals surface area contributed by atoms with E-state index in [1.807, 2.05) is 19.2 Å². The normalized spacial score (nSPS) is 12.2. The first kappa shape index (κ1) is 15.6. The Bertz CT molecular complexity index is 642. The summed E-state index contributed by atoms with van der Waals surface area (Å²) in [6, 6.07) is 4.25. The average molecular weight is 307 g/mol. The van der Waals surface area contributed by atoms with Gasteiger partial charge in [0.15, 0.2) is 5.13 Å². The van der Waals surface area contributed by atoms with Crippen LogP contribution in [0.5, 0.6) is 0 Å². The third-order valence-electron chi connectivity index (χ3n) is 3.13. The molecule has 21 heavy (non-hydrogen) atoms. The maximum Gasteiger partial charge on any atom is 0.257 e. The largest absolute Gasteiger partial charge is 0.309 e. The Balaban J connectivity index is 2.09. The zero-order chi connectivity index (χ0) is 15.4. The lowest BCUT2D eigenvalue weighted by Crippen LogP contribution is -2.18. The molecule has 0 saturated heterocycles. The van der Waals surface area contributed by atoms with Crippen LogP contribution in [0.4, 0.5) is 9.52 Å². The summed E-state index contributed by atoms with van der Waals surface area (Å²) in [7, 11) is 0. The van der Waals surface area contributed by atoms with Crippen LogP contribution in [0.3, 0.4) is 0 Å². The molecule has 0 aliphatic rings. The van der Waals surface area contributed by atoms with E-state index in [0.717, 1.165) is 12.2 Å². The Hall–Kier alpha value is -1.79. The zero-order valence-corrected chi connectivity index (χ0v) is 13.1. The second-order valence-electron chi connectivity index (χ2n) is 4.77. The number of aromatic nitrogens is 1. The van der Waals surface area contributed by atoms with Crippen molar-refractivity contribution in [1.82, 2.24) is 10.3 Å². The second kappa shape index (κ2) is 6.78. The van der Waals surface area contributed by atoms with Gasteiger partial charge >= 0.3 is 0 Å². The maximum absolute atomic E-state index is 13.1. The van der Waals surface area contributed by atoms with Gasteiger partial charge in [-0.3, -0.25) is 10.1 Å². The Kier molecular flexibility index (Phi) is 5.03. The van der Waals surface area contributed by atoms with Crippen molar-refractivity contribution in [2.75, 3.05) is 11.9 Å². The van der Waals surface area contributed by atoms with Crippen LogP contribution in [0.1, 0.15) is 41.5 Å². The molecule has 0 aliphatic heterocycles. The summed E-state index contributed by atoms with van der Waals surface area (Å²) < 4.78 is 13.1. The maximum atomic E-state index is 13.1. The minimum absolute atomic E-state index is 0.143. The van der Waals surface area contributed by atoms with Gasteiger partial charge < -0.3 is 5.32 Å². The number of nitrogens with zero attached hydrogens (tertiary/aromatic N) is 1. The number of carbonyl (C=O) groups excluding carboxylic acids is 1. The Morgan fingerprint density at radius 3 is 2.90 bits per heavy atom. The van der Waals surface area contributed by atoms with E-state index in [-0.39, 0.29) is 17.8 Å². The van der Waals surface area contributed by atoms with Gasteiger partial charge in [0.25, 0.3) is 5.91 Å². The monoisotopic (exact) mass is 307 g/mol. The van der Waals surface area contributed by atoms with Crippen LogP contribution < -0.4 is 10.6 Å². The number of carbonyl (C=O) groups is 1. The predicted molar refractivity (Wildman–Crippen MR) is 83.3 cm³/mol. The molecule has 2 aromatic rings. The molecule has 112 valence electrons. The van der Waals surface area contributed by atoms with Gasteiger partial charge in [-0.25, -0.2) is 9.37 Å². The number of aryl methyl sites for hydroxylation is 1. The molecule has 4 nitrogen and oxygen atoms in total. The number of halogens is 1. The first-order valence-corrected chi connectivity index (χ1v) is 7.65. The van der Waals surface area contributed by atoms with E-state index in [1.54, 1.807) is 6.92 Å². The molecule has 1 amide bonds. The van der Waals surface area contributed by atoms with Crippen molar-refractivity contribution in [3.8, 4) is 0 Å². The van der Waals surface area contributed by atoms with Gasteiger partial charge in [0.2, 0.25) is 0 Å². The number of hydrogen-bond acceptors (Lipinski definition) is 4. The van der Waals surface area contributed by atoms with Gasteiger partial charge in [0.1, 0.15) is 5.82 Å². The molecule has 2 N–H and O–H groups in total. The number of nitrogens with one attached hydrogen (secondary N) is 2. The third-order valence-corrected chi connectivity index (χ3v) is 3.91. The van der Waals surface area contributed by atoms with Gasteiger partial charge in [-0.05, 0) is 44.2 Å². The van der Waals surface area contributed by atoms with Crippen LogP contribution in [0.15, 0.2) is 23.6 Å². The van der Waals surface area contributed by atoms with Crippen molar-refractivity contribution in [3.63, 3.8) is 0 Å². The molecule has 1 heterocycles. The number of amides is 1. The highest BCUT2D eigenvalue weighted by molar-refractivity contribution is 7.14. The molecule has 6 heteroatoms. The summed E-state index contributed by atoms with van der Waals surface area (Å²) >= 11 is 1.38. The van der Waals surface area contributed by atoms with E-state index in [4.69, 9.17) is 0 Å². The van der Waals surface area contributed by atoms with Crippen LogP contribution in [-0.2, 0) is 0 Å². The fourth-order valence-electron chi connectivity index (χ4n) is 2.00. The van der Waals surface area contributed by atoms with Gasteiger partial charge in [-0.15, -0.1) is 11.3 Å². The van der Waals surface area contributed by atoms with Gasteiger partial charge in [0, 0.05) is 17.0 Å². The molecule has 0 bridgehead atoms. The zero-order valence-electron chi connectivity index (χ0n) is 12.2. The highest BCUT2D eigenvalue weighted by Gasteiger charge is 2.13. The Labute approximate surface area is 127 Å². The minimum atomic E-state index is -0.347. The quantitative estimate of drug-likeness (QED) is 0.888. The molecule has 0 fully saturated rings. The number of anilines is 1. The van der Waals surface area contributed by atoms with Gasteiger partial charge in [-0.2, -0.15) is 0 Å². The highest BCUT2D eigenvalue weighted by Crippen LogP contribution is 2.21. The van der Waals surface area contributed by atoms with Crippen LogP contribution in [0, 0.1) is 12.7 Å². The Morgan fingerprint density at radius 2 is 2.24 bits per heavy atom. The average Bonchev–Trinajstić information content (AvgIpc) is 2.87. The smallest absolute Gasteiger partial charge is 0.257 e. The standard InChI is InChI=1S/C15H18FN3OS/c1-4-17-10(3)13-8-21-15(18-13)19-14(20)12-6-5-11(16)7-9(12)2/h5-8,10,17H,4H2,1-3H3,(H,18,19,20). The lowest BCUT2D eigenvalue weighted by Gasteiger charge is -2.08. The molecule has 0 spiro atoms. The molecule has 0 radical (unpaired) electrons. The van der Waals surface area contributed by atoms with Crippen molar-refractivity contribution in [2.45, 2.75) is 26.8 Å². The van der Waals surface area contributed by atoms with E-state index in [2.05, 4.69) is 15.6 Å². The number of rotatable bonds is 5. The van der Waals surface area contributed by atoms with Crippen molar-refractivity contribution >= 4 is 22.4 Å². The SMILES string of the molecule is CCNC(C)c1csc(NC(=O)c2ccc(F)cc2C)n1. The fourth-order valence-corrected chi connectivity index (χ4v) is 2.80. The molecule has 1 aromatic carbocycles. The number of thiazole rings is 1. The number of benzene rings is 1. The lowest BCUT2D eigenvalue weighted by molar-refractivity contribution is 0.102. The van der Waals surface area contributed by atoms with Crippen LogP contribution in [0.2, 0.25) is 0 Å². The van der Waals surface area contributed by atoms with Crippen LogP contribution in [0.25, 0.3) is 0 Å². The topological polar surface area (TPSA) is 54.0 Å². The third kappa shape index (κ3) is 3.86. The molecule has 2 rings (SSSR count). The molecule has 0 aliphatic carbocycles. The summed E-state index contributed by atoms with van der Waals surface area (Å²) in [5, 5.41) is 8.48. The molecular weight excluding hydrogens is 289 g/mol. The minimum Gasteiger partial charge on any atom is -0.309 e. The summed E-state index contributed by atoms with van der Waals surface area (Å²) in [5.41, 5.74) is 1.95. The van der Waals surface area contributed by atoms with E-state index in [0.29, 0.717) is 16.3 Å². The van der Waals surface area contributed by atoms with Crippen molar-refractivity contribution in [3.05, 3.63) is 46.2 Å². The van der Waals surface area contributed by atoms with Crippen LogP contribution >= 0.6 is 11.3 Å². The van der Waals surface area contributed by atoms with E-state index in [1.165, 1.54) is 29.5 Å². The van der Waals surface area contributed by atoms with Crippen molar-refractivity contribution in [1.29, 1.82) is 0 Å². The lowest BCUT2D eigenvalue weighted by atomic mass is 10.1. The summed E-state index contributed by atoms with van der Waals surface area (Å²) in [5.74, 6) is -0.621. The molecule has 0 saturated carbocycles. The van der Waals surface area contributed by atoms with E-state index >= 15 is 0 Å². The molecule has 1 unspecified atom stereocenters. The molecule has 1 atom stereocenters. The first-order valence-electron chi connectivity index (χ1n) is 6.77. The van der Waals surface area contributed by atoms with Gasteiger partial charge in [-0.1, -0.05) is 6.92 Å². The van der Waals surface area contributed by atoms with Crippen molar-refractivity contribution < 1.29 is 9.18 Å². The summed E-state index contributed by atoms with van der Waals surface area (Å²) in [6.45, 7) is 6.62. The molecule has 1 aromatic heterocycles. The van der Waals surface area contributed by atoms with E-state index in [9.17, 15) is 9.18 Å². The first-order chi connectivity index (χ1) is 10.0. The van der Waals surface area contributed by atoms with E-state index < -0.39 is 0 Å². The highest BCUT2D eigenvalue weighted by atomic mass is 32.1. The number of hydrogen-bond donors (Lipinski definition) is 2.